The number of hydrogen-bond donors (Lipinski definition) is 2. The summed E-state index contributed by atoms with van der Waals surface area (Å²) < 4.78 is 4.64. The van der Waals surface area contributed by atoms with E-state index in [2.05, 4.69) is 25.5 Å². The number of benzene rings is 2. The Kier molecular flexibility index (Phi) is 5.41. The molecule has 136 valence electrons. The largest absolute Gasteiger partial charge is 0.465 e. The zero-order valence-corrected chi connectivity index (χ0v) is 14.9. The lowest BCUT2D eigenvalue weighted by Crippen LogP contribution is -2.18. The Hall–Kier alpha value is -3.74. The number of H-pyrrole nitrogens is 1. The van der Waals surface area contributed by atoms with Gasteiger partial charge in [0.2, 0.25) is 0 Å². The fourth-order valence-electron chi connectivity index (χ4n) is 2.36. The number of rotatable bonds is 5. The normalized spacial score (nSPS) is 10.7. The summed E-state index contributed by atoms with van der Waals surface area (Å²) >= 11 is 0. The number of esters is 1. The molecule has 0 saturated heterocycles. The van der Waals surface area contributed by atoms with Gasteiger partial charge in [-0.05, 0) is 30.7 Å². The maximum atomic E-state index is 12.2. The van der Waals surface area contributed by atoms with Crippen molar-refractivity contribution < 1.29 is 14.3 Å². The van der Waals surface area contributed by atoms with Gasteiger partial charge in [0.1, 0.15) is 5.69 Å². The van der Waals surface area contributed by atoms with Gasteiger partial charge in [0.15, 0.2) is 0 Å². The summed E-state index contributed by atoms with van der Waals surface area (Å²) in [5, 5.41) is 10.8. The van der Waals surface area contributed by atoms with Gasteiger partial charge in [-0.1, -0.05) is 42.0 Å². The number of nitrogens with one attached hydrogen (secondary N) is 2. The Bertz CT molecular complexity index is 973. The molecule has 0 aliphatic carbocycles. The van der Waals surface area contributed by atoms with Gasteiger partial charge in [-0.3, -0.25) is 9.89 Å². The molecule has 0 aliphatic heterocycles. The zero-order chi connectivity index (χ0) is 19.2. The number of aryl methyl sites for hydroxylation is 1. The summed E-state index contributed by atoms with van der Waals surface area (Å²) in [6.07, 6.45) is 1.48. The predicted molar refractivity (Wildman–Crippen MR) is 102 cm³/mol. The van der Waals surface area contributed by atoms with Crippen molar-refractivity contribution in [1.82, 2.24) is 15.6 Å². The molecule has 2 N–H and O–H groups in total. The minimum Gasteiger partial charge on any atom is -0.465 e. The van der Waals surface area contributed by atoms with Crippen LogP contribution in [0.3, 0.4) is 0 Å². The first-order valence-corrected chi connectivity index (χ1v) is 8.21. The van der Waals surface area contributed by atoms with E-state index in [0.717, 1.165) is 16.7 Å². The minimum absolute atomic E-state index is 0.309. The Morgan fingerprint density at radius 1 is 1.11 bits per heavy atom. The summed E-state index contributed by atoms with van der Waals surface area (Å²) in [4.78, 5) is 23.5. The van der Waals surface area contributed by atoms with E-state index < -0.39 is 11.9 Å². The van der Waals surface area contributed by atoms with E-state index in [4.69, 9.17) is 0 Å². The molecule has 1 aromatic heterocycles. The first kappa shape index (κ1) is 18.1. The number of hydrogen-bond acceptors (Lipinski definition) is 5. The van der Waals surface area contributed by atoms with Gasteiger partial charge in [0.05, 0.1) is 24.6 Å². The molecular weight excluding hydrogens is 344 g/mol. The van der Waals surface area contributed by atoms with Crippen molar-refractivity contribution in [1.29, 1.82) is 0 Å². The topological polar surface area (TPSA) is 96.4 Å². The lowest BCUT2D eigenvalue weighted by molar-refractivity contribution is 0.0600. The van der Waals surface area contributed by atoms with Crippen molar-refractivity contribution in [2.75, 3.05) is 7.11 Å². The summed E-state index contributed by atoms with van der Waals surface area (Å²) in [6.45, 7) is 2.01. The van der Waals surface area contributed by atoms with Gasteiger partial charge < -0.3 is 4.74 Å². The Balaban J connectivity index is 1.61. The summed E-state index contributed by atoms with van der Waals surface area (Å²) in [6, 6.07) is 16.2. The van der Waals surface area contributed by atoms with Gasteiger partial charge in [0, 0.05) is 5.56 Å². The monoisotopic (exact) mass is 362 g/mol. The third-order valence-electron chi connectivity index (χ3n) is 3.88. The average molecular weight is 362 g/mol. The van der Waals surface area contributed by atoms with Crippen LogP contribution < -0.4 is 5.43 Å². The number of aromatic nitrogens is 2. The highest BCUT2D eigenvalue weighted by Crippen LogP contribution is 2.18. The second kappa shape index (κ2) is 8.09. The summed E-state index contributed by atoms with van der Waals surface area (Å²) in [5.74, 6) is -0.807. The molecule has 2 aromatic carbocycles. The highest BCUT2D eigenvalue weighted by atomic mass is 16.5. The first-order valence-electron chi connectivity index (χ1n) is 8.21. The maximum absolute atomic E-state index is 12.2. The third kappa shape index (κ3) is 4.46. The van der Waals surface area contributed by atoms with E-state index in [0.29, 0.717) is 17.0 Å². The van der Waals surface area contributed by atoms with Crippen molar-refractivity contribution in [3.05, 3.63) is 77.0 Å². The number of methoxy groups -OCH3 is 1. The Morgan fingerprint density at radius 2 is 1.81 bits per heavy atom. The Labute approximate surface area is 156 Å². The molecule has 7 heteroatoms. The van der Waals surface area contributed by atoms with Crippen LogP contribution in [-0.4, -0.2) is 35.4 Å². The van der Waals surface area contributed by atoms with Crippen molar-refractivity contribution in [2.45, 2.75) is 6.92 Å². The molecule has 0 bridgehead atoms. The van der Waals surface area contributed by atoms with Crippen molar-refractivity contribution in [3.8, 4) is 11.3 Å². The van der Waals surface area contributed by atoms with Crippen LogP contribution in [0.2, 0.25) is 0 Å². The van der Waals surface area contributed by atoms with Crippen LogP contribution in [-0.2, 0) is 4.74 Å². The molecule has 0 spiro atoms. The lowest BCUT2D eigenvalue weighted by Gasteiger charge is -1.99. The molecule has 0 aliphatic rings. The van der Waals surface area contributed by atoms with E-state index >= 15 is 0 Å². The molecule has 27 heavy (non-hydrogen) atoms. The molecule has 1 heterocycles. The van der Waals surface area contributed by atoms with Crippen LogP contribution in [0.1, 0.15) is 32.0 Å². The molecule has 0 fully saturated rings. The van der Waals surface area contributed by atoms with Crippen LogP contribution in [0.25, 0.3) is 11.3 Å². The fraction of sp³-hybridized carbons (Fsp3) is 0.100. The number of nitrogens with zero attached hydrogens (tertiary/aromatic N) is 2. The van der Waals surface area contributed by atoms with Crippen LogP contribution in [0.15, 0.2) is 59.7 Å². The first-order chi connectivity index (χ1) is 13.1. The highest BCUT2D eigenvalue weighted by molar-refractivity contribution is 5.94. The highest BCUT2D eigenvalue weighted by Gasteiger charge is 2.10. The predicted octanol–water partition coefficient (Wildman–Crippen LogP) is 2.94. The second-order valence-corrected chi connectivity index (χ2v) is 5.85. The van der Waals surface area contributed by atoms with E-state index in [1.54, 1.807) is 30.3 Å². The zero-order valence-electron chi connectivity index (χ0n) is 14.9. The van der Waals surface area contributed by atoms with E-state index in [1.807, 2.05) is 31.2 Å². The summed E-state index contributed by atoms with van der Waals surface area (Å²) in [5.41, 5.74) is 6.68. The van der Waals surface area contributed by atoms with Gasteiger partial charge in [-0.15, -0.1) is 0 Å². The van der Waals surface area contributed by atoms with E-state index in [-0.39, 0.29) is 0 Å². The van der Waals surface area contributed by atoms with E-state index in [1.165, 1.54) is 13.3 Å². The van der Waals surface area contributed by atoms with Crippen LogP contribution in [0.5, 0.6) is 0 Å². The summed E-state index contributed by atoms with van der Waals surface area (Å²) in [7, 11) is 1.33. The molecular formula is C20H18N4O3. The van der Waals surface area contributed by atoms with Crippen molar-refractivity contribution in [3.63, 3.8) is 0 Å². The number of amides is 1. The van der Waals surface area contributed by atoms with E-state index in [9.17, 15) is 9.59 Å². The molecule has 0 unspecified atom stereocenters. The molecule has 1 amide bonds. The smallest absolute Gasteiger partial charge is 0.337 e. The van der Waals surface area contributed by atoms with Gasteiger partial charge >= 0.3 is 5.97 Å². The molecule has 0 atom stereocenters. The average Bonchev–Trinajstić information content (AvgIpc) is 3.19. The number of carbonyl (C=O) groups is 2. The minimum atomic E-state index is -0.407. The quantitative estimate of drug-likeness (QED) is 0.414. The number of aromatic amines is 1. The molecule has 3 aromatic rings. The van der Waals surface area contributed by atoms with Crippen LogP contribution in [0, 0.1) is 6.92 Å². The Morgan fingerprint density at radius 3 is 2.48 bits per heavy atom. The molecule has 0 saturated carbocycles. The molecule has 7 nitrogen and oxygen atoms in total. The van der Waals surface area contributed by atoms with Crippen LogP contribution >= 0.6 is 0 Å². The fourth-order valence-corrected chi connectivity index (χ4v) is 2.36. The third-order valence-corrected chi connectivity index (χ3v) is 3.88. The van der Waals surface area contributed by atoms with Gasteiger partial charge in [0.25, 0.3) is 5.91 Å². The van der Waals surface area contributed by atoms with Gasteiger partial charge in [-0.2, -0.15) is 10.2 Å². The number of hydrazone groups is 1. The molecule has 3 rings (SSSR count). The van der Waals surface area contributed by atoms with Crippen molar-refractivity contribution >= 4 is 18.1 Å². The number of carbonyl (C=O) groups excluding carboxylic acids is 2. The second-order valence-electron chi connectivity index (χ2n) is 5.85. The standard InChI is InChI=1S/C20H18N4O3/c1-13-3-7-15(8-4-13)17-11-18(23-22-17)19(25)24-21-12-14-5-9-16(10-6-14)20(26)27-2/h3-12H,1-2H3,(H,22,23)(H,24,25)/b21-12-. The maximum Gasteiger partial charge on any atom is 0.337 e. The van der Waals surface area contributed by atoms with Crippen LogP contribution in [0.4, 0.5) is 0 Å². The molecule has 0 radical (unpaired) electrons. The SMILES string of the molecule is COC(=O)c1ccc(/C=N\NC(=O)c2cc(-c3ccc(C)cc3)n[nH]2)cc1. The lowest BCUT2D eigenvalue weighted by atomic mass is 10.1. The number of ether oxygens (including phenoxy) is 1. The van der Waals surface area contributed by atoms with Gasteiger partial charge in [-0.25, -0.2) is 10.2 Å². The van der Waals surface area contributed by atoms with Crippen molar-refractivity contribution in [2.24, 2.45) is 5.10 Å².